The Kier molecular flexibility index (Phi) is 4.00. The third kappa shape index (κ3) is 2.77. The van der Waals surface area contributed by atoms with Crippen molar-refractivity contribution >= 4 is 17.1 Å². The van der Waals surface area contributed by atoms with Crippen LogP contribution in [0.2, 0.25) is 0 Å². The zero-order valence-corrected chi connectivity index (χ0v) is 18.2. The second-order valence-corrected chi connectivity index (χ2v) is 8.82. The zero-order valence-electron chi connectivity index (χ0n) is 18.2. The summed E-state index contributed by atoms with van der Waals surface area (Å²) in [4.78, 5) is 6.74. The molecule has 0 bridgehead atoms. The average molecular weight is 423 g/mol. The highest BCUT2D eigenvalue weighted by atomic mass is 15.1. The van der Waals surface area contributed by atoms with Crippen molar-refractivity contribution in [1.82, 2.24) is 4.98 Å². The van der Waals surface area contributed by atoms with Crippen molar-refractivity contribution < 1.29 is 0 Å². The van der Waals surface area contributed by atoms with Gasteiger partial charge in [-0.1, -0.05) is 72.8 Å². The molecule has 2 nitrogen and oxygen atoms in total. The van der Waals surface area contributed by atoms with Crippen molar-refractivity contribution in [2.75, 3.05) is 4.90 Å². The van der Waals surface area contributed by atoms with Gasteiger partial charge in [-0.2, -0.15) is 0 Å². The van der Waals surface area contributed by atoms with E-state index in [0.717, 1.165) is 18.5 Å². The molecule has 0 aliphatic heterocycles. The molecule has 1 aromatic heterocycles. The molecule has 1 heterocycles. The average Bonchev–Trinajstić information content (AvgIpc) is 3.44. The lowest BCUT2D eigenvalue weighted by Crippen LogP contribution is -2.14. The Morgan fingerprint density at radius 1 is 0.485 bits per heavy atom. The SMILES string of the molecule is c1ccc2c(c1)Cc1c-2cccc1N(c1ccncc1)c1cccc2c1Cc1ccccc1-2. The summed E-state index contributed by atoms with van der Waals surface area (Å²) >= 11 is 0. The van der Waals surface area contributed by atoms with Crippen LogP contribution in [-0.2, 0) is 12.8 Å². The van der Waals surface area contributed by atoms with Gasteiger partial charge in [-0.25, -0.2) is 0 Å². The smallest absolute Gasteiger partial charge is 0.0503 e. The molecule has 2 aliphatic rings. The quantitative estimate of drug-likeness (QED) is 0.290. The Bertz CT molecular complexity index is 1420. The highest BCUT2D eigenvalue weighted by Gasteiger charge is 2.28. The summed E-state index contributed by atoms with van der Waals surface area (Å²) in [6, 6.07) is 35.3. The van der Waals surface area contributed by atoms with E-state index in [-0.39, 0.29) is 0 Å². The van der Waals surface area contributed by atoms with Crippen molar-refractivity contribution in [3.05, 3.63) is 132 Å². The van der Waals surface area contributed by atoms with Gasteiger partial charge in [-0.15, -0.1) is 0 Å². The molecule has 33 heavy (non-hydrogen) atoms. The summed E-state index contributed by atoms with van der Waals surface area (Å²) in [6.07, 6.45) is 5.69. The van der Waals surface area contributed by atoms with E-state index >= 15 is 0 Å². The van der Waals surface area contributed by atoms with Gasteiger partial charge in [0.25, 0.3) is 0 Å². The van der Waals surface area contributed by atoms with Crippen LogP contribution < -0.4 is 4.90 Å². The van der Waals surface area contributed by atoms with Crippen LogP contribution in [0.15, 0.2) is 109 Å². The molecule has 0 unspecified atom stereocenters. The van der Waals surface area contributed by atoms with Gasteiger partial charge in [0.15, 0.2) is 0 Å². The maximum Gasteiger partial charge on any atom is 0.0503 e. The Balaban J connectivity index is 1.47. The topological polar surface area (TPSA) is 16.1 Å². The van der Waals surface area contributed by atoms with Crippen LogP contribution in [-0.4, -0.2) is 4.98 Å². The van der Waals surface area contributed by atoms with Crippen molar-refractivity contribution in [2.24, 2.45) is 0 Å². The van der Waals surface area contributed by atoms with Crippen LogP contribution in [0, 0.1) is 0 Å². The van der Waals surface area contributed by atoms with Gasteiger partial charge >= 0.3 is 0 Å². The summed E-state index contributed by atoms with van der Waals surface area (Å²) < 4.78 is 0. The van der Waals surface area contributed by atoms with Gasteiger partial charge in [0.1, 0.15) is 0 Å². The minimum absolute atomic E-state index is 0.957. The monoisotopic (exact) mass is 422 g/mol. The summed E-state index contributed by atoms with van der Waals surface area (Å²) in [5, 5.41) is 0. The van der Waals surface area contributed by atoms with Crippen LogP contribution in [0.5, 0.6) is 0 Å². The summed E-state index contributed by atoms with van der Waals surface area (Å²) in [5.74, 6) is 0. The first-order valence-corrected chi connectivity index (χ1v) is 11.5. The lowest BCUT2D eigenvalue weighted by Gasteiger charge is -2.29. The minimum Gasteiger partial charge on any atom is -0.310 e. The number of rotatable bonds is 3. The number of benzene rings is 4. The molecule has 0 N–H and O–H groups in total. The fourth-order valence-electron chi connectivity index (χ4n) is 5.60. The predicted molar refractivity (Wildman–Crippen MR) is 135 cm³/mol. The van der Waals surface area contributed by atoms with Crippen LogP contribution >= 0.6 is 0 Å². The van der Waals surface area contributed by atoms with Crippen LogP contribution in [0.25, 0.3) is 22.3 Å². The third-order valence-electron chi connectivity index (χ3n) is 7.05. The van der Waals surface area contributed by atoms with Crippen molar-refractivity contribution in [2.45, 2.75) is 12.8 Å². The number of aromatic nitrogens is 1. The molecule has 0 radical (unpaired) electrons. The normalized spacial score (nSPS) is 12.6. The lowest BCUT2D eigenvalue weighted by molar-refractivity contribution is 1.16. The molecular weight excluding hydrogens is 400 g/mol. The highest BCUT2D eigenvalue weighted by molar-refractivity contribution is 5.91. The molecule has 2 heteroatoms. The number of fused-ring (bicyclic) bond motifs is 6. The Morgan fingerprint density at radius 2 is 0.970 bits per heavy atom. The lowest BCUT2D eigenvalue weighted by atomic mass is 10.0. The zero-order chi connectivity index (χ0) is 21.8. The summed E-state index contributed by atoms with van der Waals surface area (Å²) in [7, 11) is 0. The fourth-order valence-corrected chi connectivity index (χ4v) is 5.60. The van der Waals surface area contributed by atoms with Gasteiger partial charge in [0.05, 0.1) is 11.4 Å². The predicted octanol–water partition coefficient (Wildman–Crippen LogP) is 7.69. The first kappa shape index (κ1) is 18.4. The van der Waals surface area contributed by atoms with Gasteiger partial charge in [-0.3, -0.25) is 4.98 Å². The molecule has 0 amide bonds. The second kappa shape index (κ2) is 7.18. The maximum atomic E-state index is 4.30. The molecular formula is C31H22N2. The van der Waals surface area contributed by atoms with E-state index in [1.807, 2.05) is 12.4 Å². The fraction of sp³-hybridized carbons (Fsp3) is 0.0645. The molecule has 7 rings (SSSR count). The van der Waals surface area contributed by atoms with E-state index < -0.39 is 0 Å². The first-order chi connectivity index (χ1) is 16.4. The second-order valence-electron chi connectivity index (χ2n) is 8.82. The Hall–Kier alpha value is -4.17. The summed E-state index contributed by atoms with van der Waals surface area (Å²) in [5.41, 5.74) is 14.6. The van der Waals surface area contributed by atoms with Gasteiger partial charge in [-0.05, 0) is 68.8 Å². The van der Waals surface area contributed by atoms with Crippen LogP contribution in [0.3, 0.4) is 0 Å². The van der Waals surface area contributed by atoms with Gasteiger partial charge in [0, 0.05) is 30.9 Å². The molecule has 0 saturated carbocycles. The molecule has 156 valence electrons. The molecule has 0 atom stereocenters. The van der Waals surface area contributed by atoms with E-state index in [1.165, 1.54) is 55.9 Å². The van der Waals surface area contributed by atoms with E-state index in [0.29, 0.717) is 0 Å². The van der Waals surface area contributed by atoms with Gasteiger partial charge < -0.3 is 4.90 Å². The number of pyridine rings is 1. The molecule has 0 spiro atoms. The Labute approximate surface area is 193 Å². The van der Waals surface area contributed by atoms with Crippen molar-refractivity contribution in [3.8, 4) is 22.3 Å². The number of anilines is 3. The number of nitrogens with zero attached hydrogens (tertiary/aromatic N) is 2. The number of hydrogen-bond donors (Lipinski definition) is 0. The van der Waals surface area contributed by atoms with E-state index in [9.17, 15) is 0 Å². The van der Waals surface area contributed by atoms with Crippen LogP contribution in [0.4, 0.5) is 17.1 Å². The van der Waals surface area contributed by atoms with E-state index in [1.54, 1.807) is 0 Å². The molecule has 0 saturated heterocycles. The third-order valence-corrected chi connectivity index (χ3v) is 7.05. The standard InChI is InChI=1S/C31H22N2/c1-3-9-24-21(7-1)19-28-26(24)11-5-13-30(28)33(23-15-17-32-18-16-23)31-14-6-12-27-25-10-4-2-8-22(25)20-29(27)31/h1-18H,19-20H2. The number of hydrogen-bond acceptors (Lipinski definition) is 2. The highest BCUT2D eigenvalue weighted by Crippen LogP contribution is 2.49. The molecule has 5 aromatic rings. The van der Waals surface area contributed by atoms with E-state index in [2.05, 4.69) is 107 Å². The van der Waals surface area contributed by atoms with Gasteiger partial charge in [0.2, 0.25) is 0 Å². The minimum atomic E-state index is 0.957. The van der Waals surface area contributed by atoms with Crippen molar-refractivity contribution in [3.63, 3.8) is 0 Å². The summed E-state index contributed by atoms with van der Waals surface area (Å²) in [6.45, 7) is 0. The molecule has 0 fully saturated rings. The first-order valence-electron chi connectivity index (χ1n) is 11.5. The maximum absolute atomic E-state index is 4.30. The van der Waals surface area contributed by atoms with Crippen LogP contribution in [0.1, 0.15) is 22.3 Å². The largest absolute Gasteiger partial charge is 0.310 e. The molecule has 4 aromatic carbocycles. The van der Waals surface area contributed by atoms with E-state index in [4.69, 9.17) is 0 Å². The Morgan fingerprint density at radius 3 is 1.52 bits per heavy atom. The molecule has 2 aliphatic carbocycles. The van der Waals surface area contributed by atoms with Crippen molar-refractivity contribution in [1.29, 1.82) is 0 Å².